The number of rotatable bonds is 5. The van der Waals surface area contributed by atoms with Crippen molar-refractivity contribution in [1.29, 1.82) is 0 Å². The van der Waals surface area contributed by atoms with Crippen molar-refractivity contribution in [3.05, 3.63) is 59.9 Å². The van der Waals surface area contributed by atoms with Crippen LogP contribution in [0.2, 0.25) is 0 Å². The molecule has 2 aromatic carbocycles. The largest absolute Gasteiger partial charge is 0.494 e. The molecule has 156 valence electrons. The van der Waals surface area contributed by atoms with Crippen molar-refractivity contribution in [3.8, 4) is 5.75 Å². The van der Waals surface area contributed by atoms with Gasteiger partial charge < -0.3 is 14.8 Å². The van der Waals surface area contributed by atoms with Crippen LogP contribution in [0.25, 0.3) is 6.08 Å². The number of para-hydroxylation sites is 2. The third-order valence-electron chi connectivity index (χ3n) is 4.68. The van der Waals surface area contributed by atoms with E-state index in [1.165, 1.54) is 30.2 Å². The molecule has 0 aromatic heterocycles. The summed E-state index contributed by atoms with van der Waals surface area (Å²) in [6, 6.07) is 11.1. The molecule has 1 aliphatic rings. The van der Waals surface area contributed by atoms with Crippen molar-refractivity contribution in [2.45, 2.75) is 19.4 Å². The second kappa shape index (κ2) is 8.36. The lowest BCUT2D eigenvalue weighted by Crippen LogP contribution is -2.59. The van der Waals surface area contributed by atoms with E-state index < -0.39 is 29.8 Å². The van der Waals surface area contributed by atoms with Crippen LogP contribution < -0.4 is 15.0 Å². The standard InChI is InChI=1S/C22H21FN2O5/c1-22(2)21(28)24-16-6-4-5-7-17(16)25(22)19(26)13-30-20(27)11-9-14-8-10-18(29-3)15(23)12-14/h4-12H,13H2,1-3H3,(H,24,28)/b11-9+. The predicted octanol–water partition coefficient (Wildman–Crippen LogP) is 3.15. The molecule has 0 unspecified atom stereocenters. The van der Waals surface area contributed by atoms with E-state index in [-0.39, 0.29) is 11.7 Å². The molecule has 0 spiro atoms. The van der Waals surface area contributed by atoms with E-state index in [0.29, 0.717) is 16.9 Å². The summed E-state index contributed by atoms with van der Waals surface area (Å²) >= 11 is 0. The topological polar surface area (TPSA) is 84.9 Å². The lowest BCUT2D eigenvalue weighted by molar-refractivity contribution is -0.143. The number of benzene rings is 2. The van der Waals surface area contributed by atoms with Crippen molar-refractivity contribution >= 4 is 35.2 Å². The highest BCUT2D eigenvalue weighted by Crippen LogP contribution is 2.36. The molecule has 1 N–H and O–H groups in total. The van der Waals surface area contributed by atoms with Crippen LogP contribution in [0, 0.1) is 5.82 Å². The predicted molar refractivity (Wildman–Crippen MR) is 110 cm³/mol. The van der Waals surface area contributed by atoms with Crippen LogP contribution in [0.1, 0.15) is 19.4 Å². The molecule has 8 heteroatoms. The van der Waals surface area contributed by atoms with Gasteiger partial charge in [0.15, 0.2) is 18.2 Å². The minimum Gasteiger partial charge on any atom is -0.494 e. The van der Waals surface area contributed by atoms with Gasteiger partial charge in [0.25, 0.3) is 5.91 Å². The molecule has 2 amide bonds. The first-order chi connectivity index (χ1) is 14.2. The van der Waals surface area contributed by atoms with E-state index >= 15 is 0 Å². The maximum atomic E-state index is 13.7. The Morgan fingerprint density at radius 2 is 1.93 bits per heavy atom. The van der Waals surface area contributed by atoms with Crippen LogP contribution in [0.5, 0.6) is 5.75 Å². The SMILES string of the molecule is COc1ccc(/C=C/C(=O)OCC(=O)N2c3ccccc3NC(=O)C2(C)C)cc1F. The van der Waals surface area contributed by atoms with E-state index in [2.05, 4.69) is 5.32 Å². The fraction of sp³-hybridized carbons (Fsp3) is 0.227. The number of anilines is 2. The van der Waals surface area contributed by atoms with Crippen molar-refractivity contribution in [1.82, 2.24) is 0 Å². The molecule has 0 aliphatic carbocycles. The Bertz CT molecular complexity index is 1030. The van der Waals surface area contributed by atoms with E-state index in [0.717, 1.165) is 6.08 Å². The zero-order valence-corrected chi connectivity index (χ0v) is 16.8. The smallest absolute Gasteiger partial charge is 0.331 e. The van der Waals surface area contributed by atoms with Crippen LogP contribution in [0.3, 0.4) is 0 Å². The molecule has 0 fully saturated rings. The number of nitrogens with one attached hydrogen (secondary N) is 1. The van der Waals surface area contributed by atoms with Crippen molar-refractivity contribution in [3.63, 3.8) is 0 Å². The van der Waals surface area contributed by atoms with Gasteiger partial charge in [-0.1, -0.05) is 18.2 Å². The molecule has 0 saturated carbocycles. The molecular formula is C22H21FN2O5. The van der Waals surface area contributed by atoms with Gasteiger partial charge in [0, 0.05) is 6.08 Å². The number of ether oxygens (including phenoxy) is 2. The molecule has 1 heterocycles. The normalized spacial score (nSPS) is 14.8. The Hall–Kier alpha value is -3.68. The number of fused-ring (bicyclic) bond motifs is 1. The molecule has 0 radical (unpaired) electrons. The van der Waals surface area contributed by atoms with E-state index in [9.17, 15) is 18.8 Å². The molecule has 7 nitrogen and oxygen atoms in total. The van der Waals surface area contributed by atoms with Gasteiger partial charge in [-0.3, -0.25) is 14.5 Å². The van der Waals surface area contributed by atoms with Gasteiger partial charge in [0.2, 0.25) is 5.91 Å². The Balaban J connectivity index is 1.68. The highest BCUT2D eigenvalue weighted by atomic mass is 19.1. The fourth-order valence-corrected chi connectivity index (χ4v) is 3.09. The lowest BCUT2D eigenvalue weighted by Gasteiger charge is -2.41. The average Bonchev–Trinajstić information content (AvgIpc) is 2.71. The number of hydrogen-bond acceptors (Lipinski definition) is 5. The Morgan fingerprint density at radius 1 is 1.20 bits per heavy atom. The average molecular weight is 412 g/mol. The first-order valence-electron chi connectivity index (χ1n) is 9.16. The van der Waals surface area contributed by atoms with Gasteiger partial charge >= 0.3 is 5.97 Å². The molecule has 0 bridgehead atoms. The minimum atomic E-state index is -1.16. The summed E-state index contributed by atoms with van der Waals surface area (Å²) in [7, 11) is 1.36. The Morgan fingerprint density at radius 3 is 2.63 bits per heavy atom. The molecule has 30 heavy (non-hydrogen) atoms. The van der Waals surface area contributed by atoms with Gasteiger partial charge in [0.05, 0.1) is 18.5 Å². The second-order valence-corrected chi connectivity index (χ2v) is 7.09. The molecule has 0 saturated heterocycles. The van der Waals surface area contributed by atoms with E-state index in [1.807, 2.05) is 0 Å². The van der Waals surface area contributed by atoms with Crippen LogP contribution in [0.4, 0.5) is 15.8 Å². The van der Waals surface area contributed by atoms with E-state index in [1.54, 1.807) is 44.2 Å². The Kier molecular flexibility index (Phi) is 5.86. The van der Waals surface area contributed by atoms with Crippen LogP contribution in [0.15, 0.2) is 48.5 Å². The number of methoxy groups -OCH3 is 1. The highest BCUT2D eigenvalue weighted by Gasteiger charge is 2.43. The maximum Gasteiger partial charge on any atom is 0.331 e. The van der Waals surface area contributed by atoms with Gasteiger partial charge in [-0.15, -0.1) is 0 Å². The molecule has 0 atom stereocenters. The number of carbonyl (C=O) groups is 3. The lowest BCUT2D eigenvalue weighted by atomic mass is 9.96. The summed E-state index contributed by atoms with van der Waals surface area (Å²) in [6.07, 6.45) is 2.46. The van der Waals surface area contributed by atoms with Gasteiger partial charge in [-0.05, 0) is 49.8 Å². The second-order valence-electron chi connectivity index (χ2n) is 7.09. The zero-order chi connectivity index (χ0) is 21.9. The van der Waals surface area contributed by atoms with Crippen LogP contribution >= 0.6 is 0 Å². The molecule has 2 aromatic rings. The highest BCUT2D eigenvalue weighted by molar-refractivity contribution is 6.14. The molecule has 3 rings (SSSR count). The van der Waals surface area contributed by atoms with E-state index in [4.69, 9.17) is 9.47 Å². The van der Waals surface area contributed by atoms with Gasteiger partial charge in [-0.2, -0.15) is 0 Å². The molecule has 1 aliphatic heterocycles. The van der Waals surface area contributed by atoms with Crippen molar-refractivity contribution in [2.75, 3.05) is 23.9 Å². The summed E-state index contributed by atoms with van der Waals surface area (Å²) in [4.78, 5) is 38.5. The summed E-state index contributed by atoms with van der Waals surface area (Å²) in [5.74, 6) is -2.13. The maximum absolute atomic E-state index is 13.7. The summed E-state index contributed by atoms with van der Waals surface area (Å²) in [5, 5.41) is 2.76. The summed E-state index contributed by atoms with van der Waals surface area (Å²) < 4.78 is 23.6. The molecular weight excluding hydrogens is 391 g/mol. The zero-order valence-electron chi connectivity index (χ0n) is 16.8. The van der Waals surface area contributed by atoms with Gasteiger partial charge in [0.1, 0.15) is 5.54 Å². The number of halogens is 1. The first kappa shape index (κ1) is 21.0. The quantitative estimate of drug-likeness (QED) is 0.602. The minimum absolute atomic E-state index is 0.0915. The van der Waals surface area contributed by atoms with Gasteiger partial charge in [-0.25, -0.2) is 9.18 Å². The fourth-order valence-electron chi connectivity index (χ4n) is 3.09. The number of amides is 2. The summed E-state index contributed by atoms with van der Waals surface area (Å²) in [6.45, 7) is 2.66. The monoisotopic (exact) mass is 412 g/mol. The Labute approximate surface area is 173 Å². The first-order valence-corrected chi connectivity index (χ1v) is 9.16. The summed E-state index contributed by atoms with van der Waals surface area (Å²) in [5.41, 5.74) is 0.295. The van der Waals surface area contributed by atoms with Crippen molar-refractivity contribution < 1.29 is 28.2 Å². The third kappa shape index (κ3) is 4.17. The van der Waals surface area contributed by atoms with Crippen LogP contribution in [-0.2, 0) is 19.1 Å². The van der Waals surface area contributed by atoms with Crippen LogP contribution in [-0.4, -0.2) is 37.0 Å². The third-order valence-corrected chi connectivity index (χ3v) is 4.68. The number of esters is 1. The number of carbonyl (C=O) groups excluding carboxylic acids is 3. The van der Waals surface area contributed by atoms with Crippen molar-refractivity contribution in [2.24, 2.45) is 0 Å². The number of nitrogens with zero attached hydrogens (tertiary/aromatic N) is 1. The number of hydrogen-bond donors (Lipinski definition) is 1.